The lowest BCUT2D eigenvalue weighted by Crippen LogP contribution is -2.17. The number of aromatic amines is 2. The molecule has 7 heteroatoms. The maximum absolute atomic E-state index is 12.4. The van der Waals surface area contributed by atoms with E-state index in [4.69, 9.17) is 4.98 Å². The molecule has 5 aromatic rings. The largest absolute Gasteiger partial charge is 0.329 e. The summed E-state index contributed by atoms with van der Waals surface area (Å²) < 4.78 is 0. The van der Waals surface area contributed by atoms with Gasteiger partial charge in [0.15, 0.2) is 0 Å². The zero-order valence-electron chi connectivity index (χ0n) is 18.3. The fraction of sp³-hybridized carbons (Fsp3) is 0.154. The summed E-state index contributed by atoms with van der Waals surface area (Å²) in [5.74, 6) is 1.73. The first kappa shape index (κ1) is 20.8. The Balaban J connectivity index is 1.39. The predicted molar refractivity (Wildman–Crippen MR) is 130 cm³/mol. The first-order valence-corrected chi connectivity index (χ1v) is 10.9. The standard InChI is InChI=1S/C26H24N6O/c1-17-29-24(32-31-17)12-13-27-16-18-7-9-20(10-8-18)25-21(19-5-3-2-4-6-19)15-22-23(30-25)11-14-28-26(22)33/h2-11,14-15,27H,12-13,16H2,1H3,(H,28,33)(H,29,31,32). The third-order valence-electron chi connectivity index (χ3n) is 5.58. The highest BCUT2D eigenvalue weighted by Crippen LogP contribution is 2.32. The molecule has 7 nitrogen and oxygen atoms in total. The van der Waals surface area contributed by atoms with Gasteiger partial charge in [-0.25, -0.2) is 4.98 Å². The summed E-state index contributed by atoms with van der Waals surface area (Å²) >= 11 is 0. The monoisotopic (exact) mass is 436 g/mol. The third kappa shape index (κ3) is 4.58. The van der Waals surface area contributed by atoms with Crippen LogP contribution in [0.25, 0.3) is 33.3 Å². The van der Waals surface area contributed by atoms with Crippen LogP contribution in [0.1, 0.15) is 17.2 Å². The fourth-order valence-corrected chi connectivity index (χ4v) is 3.89. The molecule has 0 aliphatic carbocycles. The summed E-state index contributed by atoms with van der Waals surface area (Å²) in [6.07, 6.45) is 2.44. The number of fused-ring (bicyclic) bond motifs is 1. The number of pyridine rings is 2. The van der Waals surface area contributed by atoms with Crippen LogP contribution in [0.4, 0.5) is 0 Å². The van der Waals surface area contributed by atoms with Crippen molar-refractivity contribution in [1.82, 2.24) is 30.5 Å². The topological polar surface area (TPSA) is 99.3 Å². The lowest BCUT2D eigenvalue weighted by molar-refractivity contribution is 0.671. The molecule has 0 bridgehead atoms. The molecule has 164 valence electrons. The van der Waals surface area contributed by atoms with E-state index in [0.29, 0.717) is 10.9 Å². The molecule has 0 radical (unpaired) electrons. The summed E-state index contributed by atoms with van der Waals surface area (Å²) in [6.45, 7) is 3.48. The zero-order chi connectivity index (χ0) is 22.6. The molecule has 3 heterocycles. The number of hydrogen-bond donors (Lipinski definition) is 3. The molecule has 5 rings (SSSR count). The van der Waals surface area contributed by atoms with Gasteiger partial charge in [0, 0.05) is 36.8 Å². The molecule has 0 aliphatic rings. The molecule has 0 spiro atoms. The summed E-state index contributed by atoms with van der Waals surface area (Å²) in [7, 11) is 0. The van der Waals surface area contributed by atoms with Crippen molar-refractivity contribution in [2.24, 2.45) is 0 Å². The Morgan fingerprint density at radius 2 is 1.76 bits per heavy atom. The Labute approximate surface area is 191 Å². The van der Waals surface area contributed by atoms with Gasteiger partial charge in [0.05, 0.1) is 16.6 Å². The minimum atomic E-state index is -0.134. The van der Waals surface area contributed by atoms with Crippen LogP contribution >= 0.6 is 0 Å². The van der Waals surface area contributed by atoms with Crippen LogP contribution in [-0.4, -0.2) is 31.7 Å². The van der Waals surface area contributed by atoms with Crippen molar-refractivity contribution in [3.63, 3.8) is 0 Å². The van der Waals surface area contributed by atoms with E-state index in [9.17, 15) is 4.79 Å². The molecule has 0 fully saturated rings. The molecule has 0 atom stereocenters. The fourth-order valence-electron chi connectivity index (χ4n) is 3.89. The lowest BCUT2D eigenvalue weighted by atomic mass is 9.97. The van der Waals surface area contributed by atoms with Crippen molar-refractivity contribution in [1.29, 1.82) is 0 Å². The van der Waals surface area contributed by atoms with Crippen LogP contribution in [0.3, 0.4) is 0 Å². The summed E-state index contributed by atoms with van der Waals surface area (Å²) in [5, 5.41) is 12.1. The molecule has 0 saturated carbocycles. The molecular formula is C26H24N6O. The Bertz CT molecular complexity index is 1440. The number of rotatable bonds is 7. The highest BCUT2D eigenvalue weighted by atomic mass is 16.1. The van der Waals surface area contributed by atoms with E-state index >= 15 is 0 Å². The molecule has 0 unspecified atom stereocenters. The van der Waals surface area contributed by atoms with Gasteiger partial charge in [0.1, 0.15) is 11.6 Å². The smallest absolute Gasteiger partial charge is 0.257 e. The molecule has 3 N–H and O–H groups in total. The quantitative estimate of drug-likeness (QED) is 0.335. The molecule has 2 aromatic carbocycles. The van der Waals surface area contributed by atoms with E-state index in [2.05, 4.69) is 49.7 Å². The van der Waals surface area contributed by atoms with Crippen molar-refractivity contribution in [3.05, 3.63) is 100 Å². The van der Waals surface area contributed by atoms with Gasteiger partial charge in [-0.1, -0.05) is 54.6 Å². The second kappa shape index (κ2) is 9.18. The summed E-state index contributed by atoms with van der Waals surface area (Å²) in [4.78, 5) is 23.1. The van der Waals surface area contributed by atoms with E-state index in [1.54, 1.807) is 6.20 Å². The van der Waals surface area contributed by atoms with Crippen LogP contribution in [0.15, 0.2) is 77.7 Å². The number of benzene rings is 2. The van der Waals surface area contributed by atoms with Crippen molar-refractivity contribution in [3.8, 4) is 22.4 Å². The second-order valence-electron chi connectivity index (χ2n) is 7.97. The maximum Gasteiger partial charge on any atom is 0.257 e. The van der Waals surface area contributed by atoms with Crippen LogP contribution in [-0.2, 0) is 13.0 Å². The summed E-state index contributed by atoms with van der Waals surface area (Å²) in [6, 6.07) is 22.2. The molecule has 0 amide bonds. The highest BCUT2D eigenvalue weighted by molar-refractivity contribution is 5.91. The minimum absolute atomic E-state index is 0.134. The zero-order valence-corrected chi connectivity index (χ0v) is 18.3. The molecule has 33 heavy (non-hydrogen) atoms. The van der Waals surface area contributed by atoms with E-state index in [-0.39, 0.29) is 5.56 Å². The van der Waals surface area contributed by atoms with Gasteiger partial charge in [-0.15, -0.1) is 10.2 Å². The SMILES string of the molecule is Cc1nnc(CCNCc2ccc(-c3nc4cc[nH]c(=O)c4cc3-c3ccccc3)cc2)[nH]1. The van der Waals surface area contributed by atoms with Crippen LogP contribution in [0.5, 0.6) is 0 Å². The van der Waals surface area contributed by atoms with Crippen LogP contribution < -0.4 is 10.9 Å². The van der Waals surface area contributed by atoms with Crippen molar-refractivity contribution < 1.29 is 0 Å². The minimum Gasteiger partial charge on any atom is -0.329 e. The number of nitrogens with one attached hydrogen (secondary N) is 3. The van der Waals surface area contributed by atoms with E-state index in [1.807, 2.05) is 49.4 Å². The maximum atomic E-state index is 12.4. The Kier molecular flexibility index (Phi) is 5.78. The van der Waals surface area contributed by atoms with Gasteiger partial charge in [-0.3, -0.25) is 4.79 Å². The second-order valence-corrected chi connectivity index (χ2v) is 7.97. The number of H-pyrrole nitrogens is 2. The molecule has 0 aliphatic heterocycles. The molecular weight excluding hydrogens is 412 g/mol. The van der Waals surface area contributed by atoms with Crippen molar-refractivity contribution in [2.45, 2.75) is 19.9 Å². The average molecular weight is 437 g/mol. The Hall–Kier alpha value is -4.10. The van der Waals surface area contributed by atoms with Gasteiger partial charge < -0.3 is 15.3 Å². The predicted octanol–water partition coefficient (Wildman–Crippen LogP) is 4.02. The van der Waals surface area contributed by atoms with E-state index in [1.165, 1.54) is 5.56 Å². The van der Waals surface area contributed by atoms with Gasteiger partial charge in [-0.2, -0.15) is 0 Å². The van der Waals surface area contributed by atoms with Gasteiger partial charge in [0.2, 0.25) is 0 Å². The van der Waals surface area contributed by atoms with Crippen LogP contribution in [0, 0.1) is 6.92 Å². The number of aryl methyl sites for hydroxylation is 1. The van der Waals surface area contributed by atoms with Crippen LogP contribution in [0.2, 0.25) is 0 Å². The highest BCUT2D eigenvalue weighted by Gasteiger charge is 2.13. The number of nitrogens with zero attached hydrogens (tertiary/aromatic N) is 3. The van der Waals surface area contributed by atoms with Gasteiger partial charge >= 0.3 is 0 Å². The Morgan fingerprint density at radius 1 is 0.939 bits per heavy atom. The molecule has 3 aromatic heterocycles. The normalized spacial score (nSPS) is 11.2. The van der Waals surface area contributed by atoms with Gasteiger partial charge in [-0.05, 0) is 30.2 Å². The van der Waals surface area contributed by atoms with Crippen molar-refractivity contribution in [2.75, 3.05) is 6.54 Å². The van der Waals surface area contributed by atoms with Crippen molar-refractivity contribution >= 4 is 10.9 Å². The molecule has 0 saturated heterocycles. The average Bonchev–Trinajstić information content (AvgIpc) is 3.27. The number of aromatic nitrogens is 5. The lowest BCUT2D eigenvalue weighted by Gasteiger charge is -2.12. The van der Waals surface area contributed by atoms with E-state index in [0.717, 1.165) is 53.5 Å². The number of hydrogen-bond acceptors (Lipinski definition) is 5. The Morgan fingerprint density at radius 3 is 2.52 bits per heavy atom. The van der Waals surface area contributed by atoms with Gasteiger partial charge in [0.25, 0.3) is 5.56 Å². The first-order valence-electron chi connectivity index (χ1n) is 10.9. The van der Waals surface area contributed by atoms with E-state index < -0.39 is 0 Å². The first-order chi connectivity index (χ1) is 16.2. The third-order valence-corrected chi connectivity index (χ3v) is 5.58. The summed E-state index contributed by atoms with van der Waals surface area (Å²) in [5.41, 5.74) is 5.57.